The molecule has 1 aliphatic rings. The van der Waals surface area contributed by atoms with Crippen molar-refractivity contribution in [1.29, 1.82) is 0 Å². The first-order valence-corrected chi connectivity index (χ1v) is 7.13. The van der Waals surface area contributed by atoms with Crippen LogP contribution in [0.2, 0.25) is 0 Å². The van der Waals surface area contributed by atoms with Gasteiger partial charge in [0, 0.05) is 12.8 Å². The molecule has 0 radical (unpaired) electrons. The molecule has 1 atom stereocenters. The Morgan fingerprint density at radius 2 is 1.68 bits per heavy atom. The average molecular weight is 343 g/mol. The second kappa shape index (κ2) is 7.90. The lowest BCUT2D eigenvalue weighted by Gasteiger charge is -2.35. The molecule has 0 saturated heterocycles. The van der Waals surface area contributed by atoms with Gasteiger partial charge in [0.2, 0.25) is 11.2 Å². The number of carbonyl (C=O) groups excluding carboxylic acids is 1. The van der Waals surface area contributed by atoms with Crippen LogP contribution in [0.4, 0.5) is 22.0 Å². The summed E-state index contributed by atoms with van der Waals surface area (Å²) in [4.78, 5) is 11.2. The van der Waals surface area contributed by atoms with Crippen molar-refractivity contribution in [3.05, 3.63) is 35.4 Å². The van der Waals surface area contributed by atoms with Crippen molar-refractivity contribution in [2.75, 3.05) is 0 Å². The maximum Gasteiger partial charge on any atom is 0.379 e. The van der Waals surface area contributed by atoms with Crippen LogP contribution in [0, 0.1) is 0 Å². The van der Waals surface area contributed by atoms with E-state index < -0.39 is 12.6 Å². The molecule has 1 nitrogen and oxygen atoms in total. The fourth-order valence-electron chi connectivity index (χ4n) is 2.42. The molecule has 0 bridgehead atoms. The summed E-state index contributed by atoms with van der Waals surface area (Å²) in [7, 11) is 0. The molecule has 22 heavy (non-hydrogen) atoms. The summed E-state index contributed by atoms with van der Waals surface area (Å²) in [6.07, 6.45) is 0.499. The summed E-state index contributed by atoms with van der Waals surface area (Å²) in [5, 5.41) is -0.375. The first-order valence-electron chi connectivity index (χ1n) is 6.75. The minimum Gasteiger partial charge on any atom is -0.281 e. The van der Waals surface area contributed by atoms with Crippen molar-refractivity contribution in [2.45, 2.75) is 50.6 Å². The highest BCUT2D eigenvalue weighted by molar-refractivity contribution is 6.64. The average Bonchev–Trinajstić information content (AvgIpc) is 2.36. The van der Waals surface area contributed by atoms with Gasteiger partial charge in [0.05, 0.1) is 5.92 Å². The lowest BCUT2D eigenvalue weighted by molar-refractivity contribution is -0.113. The predicted octanol–water partition coefficient (Wildman–Crippen LogP) is 5.64. The molecule has 0 spiro atoms. The Hall–Kier alpha value is -1.17. The number of hydrogen-bond acceptors (Lipinski definition) is 1. The molecule has 1 aromatic carbocycles. The van der Waals surface area contributed by atoms with E-state index in [2.05, 4.69) is 0 Å². The highest BCUT2D eigenvalue weighted by atomic mass is 35.5. The quantitative estimate of drug-likeness (QED) is 0.511. The van der Waals surface area contributed by atoms with E-state index in [4.69, 9.17) is 11.6 Å². The van der Waals surface area contributed by atoms with E-state index in [0.29, 0.717) is 6.42 Å². The van der Waals surface area contributed by atoms with Gasteiger partial charge >= 0.3 is 6.68 Å². The van der Waals surface area contributed by atoms with Gasteiger partial charge in [-0.25, -0.2) is 8.78 Å². The van der Waals surface area contributed by atoms with Gasteiger partial charge < -0.3 is 0 Å². The topological polar surface area (TPSA) is 17.1 Å². The molecule has 0 aromatic heterocycles. The molecule has 1 fully saturated rings. The van der Waals surface area contributed by atoms with Crippen molar-refractivity contribution in [2.24, 2.45) is 0 Å². The van der Waals surface area contributed by atoms with Crippen LogP contribution in [0.1, 0.15) is 49.1 Å². The van der Waals surface area contributed by atoms with Crippen LogP contribution in [-0.2, 0) is 4.79 Å². The van der Waals surface area contributed by atoms with Gasteiger partial charge in [0.25, 0.3) is 0 Å². The van der Waals surface area contributed by atoms with E-state index in [1.165, 1.54) is 0 Å². The summed E-state index contributed by atoms with van der Waals surface area (Å²) in [6, 6.07) is 7.30. The third-order valence-corrected chi connectivity index (χ3v) is 3.85. The van der Waals surface area contributed by atoms with Crippen molar-refractivity contribution in [3.8, 4) is 0 Å². The zero-order chi connectivity index (χ0) is 16.9. The molecule has 0 unspecified atom stereocenters. The second-order valence-electron chi connectivity index (χ2n) is 5.14. The molecule has 0 heterocycles. The van der Waals surface area contributed by atoms with Gasteiger partial charge in [-0.05, 0) is 35.1 Å². The first-order chi connectivity index (χ1) is 10.2. The molecule has 1 aromatic rings. The van der Waals surface area contributed by atoms with E-state index in [0.717, 1.165) is 11.1 Å². The number of rotatable bonds is 4. The van der Waals surface area contributed by atoms with Crippen LogP contribution in [0.15, 0.2) is 24.3 Å². The standard InChI is InChI=1S/C14H15ClF2O.CHF3/c1-2-12(13(15)18)10-5-3-9(4-6-10)11-7-14(16,17)8-11;2-1(3)4/h3-6,11-12H,2,7-8H2,1H3;1H/t12-;/m0./s1. The minimum atomic E-state index is -3.67. The molecule has 0 amide bonds. The number of alkyl halides is 5. The van der Waals surface area contributed by atoms with Gasteiger partial charge in [-0.1, -0.05) is 31.2 Å². The Kier molecular flexibility index (Phi) is 6.78. The summed E-state index contributed by atoms with van der Waals surface area (Å²) in [5.74, 6) is -2.86. The minimum absolute atomic E-state index is 0.0548. The van der Waals surface area contributed by atoms with Crippen LogP contribution >= 0.6 is 11.6 Å². The van der Waals surface area contributed by atoms with Crippen LogP contribution in [-0.4, -0.2) is 17.8 Å². The summed E-state index contributed by atoms with van der Waals surface area (Å²) in [5.41, 5.74) is 1.77. The zero-order valence-corrected chi connectivity index (χ0v) is 12.6. The third kappa shape index (κ3) is 5.55. The van der Waals surface area contributed by atoms with E-state index in [1.807, 2.05) is 31.2 Å². The Morgan fingerprint density at radius 3 is 2.00 bits per heavy atom. The third-order valence-electron chi connectivity index (χ3n) is 3.58. The monoisotopic (exact) mass is 342 g/mol. The van der Waals surface area contributed by atoms with Gasteiger partial charge in [0.15, 0.2) is 0 Å². The maximum absolute atomic E-state index is 12.8. The first kappa shape index (κ1) is 18.9. The molecule has 7 heteroatoms. The van der Waals surface area contributed by atoms with Crippen LogP contribution in [0.25, 0.3) is 0 Å². The fourth-order valence-corrected chi connectivity index (χ4v) is 2.70. The van der Waals surface area contributed by atoms with E-state index >= 15 is 0 Å². The molecular weight excluding hydrogens is 327 g/mol. The number of carbonyl (C=O) groups is 1. The van der Waals surface area contributed by atoms with Crippen molar-refractivity contribution in [3.63, 3.8) is 0 Å². The van der Waals surface area contributed by atoms with Crippen molar-refractivity contribution >= 4 is 16.8 Å². The summed E-state index contributed by atoms with van der Waals surface area (Å²) < 4.78 is 54.6. The Bertz CT molecular complexity index is 478. The largest absolute Gasteiger partial charge is 0.379 e. The van der Waals surface area contributed by atoms with Crippen molar-refractivity contribution < 1.29 is 26.7 Å². The van der Waals surface area contributed by atoms with Gasteiger partial charge in [-0.3, -0.25) is 4.79 Å². The number of benzene rings is 1. The molecule has 0 aliphatic heterocycles. The summed E-state index contributed by atoms with van der Waals surface area (Å²) >= 11 is 5.52. The van der Waals surface area contributed by atoms with Crippen LogP contribution in [0.3, 0.4) is 0 Å². The number of halogens is 6. The molecule has 1 aliphatic carbocycles. The lowest BCUT2D eigenvalue weighted by Crippen LogP contribution is -2.33. The summed E-state index contributed by atoms with van der Waals surface area (Å²) in [6.45, 7) is -1.77. The van der Waals surface area contributed by atoms with E-state index in [9.17, 15) is 26.7 Å². The van der Waals surface area contributed by atoms with E-state index in [1.54, 1.807) is 0 Å². The van der Waals surface area contributed by atoms with Gasteiger partial charge in [-0.2, -0.15) is 13.2 Å². The Balaban J connectivity index is 0.000000541. The SMILES string of the molecule is CC[C@H](C(=O)Cl)c1ccc(C2CC(F)(F)C2)cc1.FC(F)F. The highest BCUT2D eigenvalue weighted by Gasteiger charge is 2.45. The van der Waals surface area contributed by atoms with Gasteiger partial charge in [-0.15, -0.1) is 0 Å². The fraction of sp³-hybridized carbons (Fsp3) is 0.533. The molecule has 1 saturated carbocycles. The van der Waals surface area contributed by atoms with E-state index in [-0.39, 0.29) is 29.9 Å². The molecule has 0 N–H and O–H groups in total. The predicted molar refractivity (Wildman–Crippen MR) is 74.4 cm³/mol. The highest BCUT2D eigenvalue weighted by Crippen LogP contribution is 2.48. The normalized spacial score (nSPS) is 18.2. The van der Waals surface area contributed by atoms with Crippen molar-refractivity contribution in [1.82, 2.24) is 0 Å². The zero-order valence-electron chi connectivity index (χ0n) is 11.8. The van der Waals surface area contributed by atoms with Gasteiger partial charge in [0.1, 0.15) is 0 Å². The van der Waals surface area contributed by atoms with Crippen LogP contribution in [0.5, 0.6) is 0 Å². The maximum atomic E-state index is 12.8. The smallest absolute Gasteiger partial charge is 0.281 e. The second-order valence-corrected chi connectivity index (χ2v) is 5.51. The number of hydrogen-bond donors (Lipinski definition) is 0. The molecule has 2 rings (SSSR count). The Morgan fingerprint density at radius 1 is 1.23 bits per heavy atom. The Labute approximate surface area is 130 Å². The molecule has 124 valence electrons. The lowest BCUT2D eigenvalue weighted by atomic mass is 9.76. The molecular formula is C15H16ClF5O. The van der Waals surface area contributed by atoms with Crippen LogP contribution < -0.4 is 0 Å².